The van der Waals surface area contributed by atoms with E-state index in [-0.39, 0.29) is 18.6 Å². The van der Waals surface area contributed by atoms with Crippen LogP contribution in [-0.2, 0) is 4.74 Å². The second-order valence-electron chi connectivity index (χ2n) is 8.45. The van der Waals surface area contributed by atoms with Crippen molar-refractivity contribution in [3.63, 3.8) is 0 Å². The predicted octanol–water partition coefficient (Wildman–Crippen LogP) is 4.56. The molecule has 4 aromatic rings. The minimum Gasteiger partial charge on any atom is -0.495 e. The molecule has 1 fully saturated rings. The van der Waals surface area contributed by atoms with Gasteiger partial charge in [-0.1, -0.05) is 17.7 Å². The van der Waals surface area contributed by atoms with E-state index in [2.05, 4.69) is 11.1 Å². The van der Waals surface area contributed by atoms with Gasteiger partial charge < -0.3 is 25.1 Å². The third-order valence-electron chi connectivity index (χ3n) is 6.28. The van der Waals surface area contributed by atoms with E-state index in [4.69, 9.17) is 36.5 Å². The molecular weight excluding hydrogens is 482 g/mol. The molecule has 2 atom stereocenters. The fourth-order valence-electron chi connectivity index (χ4n) is 4.44. The molecule has 3 N–H and O–H groups in total. The summed E-state index contributed by atoms with van der Waals surface area (Å²) in [5.41, 5.74) is 8.67. The molecule has 0 amide bonds. The van der Waals surface area contributed by atoms with Crippen molar-refractivity contribution in [1.82, 2.24) is 14.4 Å². The van der Waals surface area contributed by atoms with E-state index < -0.39 is 0 Å². The van der Waals surface area contributed by atoms with E-state index in [1.54, 1.807) is 30.3 Å². The number of nitrogens with zero attached hydrogens (tertiary/aromatic N) is 4. The molecule has 0 radical (unpaired) electrons. The molecule has 2 aromatic heterocycles. The molecule has 184 valence electrons. The fourth-order valence-corrected chi connectivity index (χ4v) is 4.66. The molecule has 0 aliphatic carbocycles. The molecular formula is C26H24ClN5O4. The van der Waals surface area contributed by atoms with Crippen LogP contribution >= 0.6 is 11.6 Å². The highest BCUT2D eigenvalue weighted by Gasteiger charge is 2.29. The lowest BCUT2D eigenvalue weighted by Gasteiger charge is -2.27. The molecule has 1 saturated heterocycles. The van der Waals surface area contributed by atoms with Gasteiger partial charge in [-0.25, -0.2) is 9.97 Å². The van der Waals surface area contributed by atoms with E-state index >= 15 is 0 Å². The van der Waals surface area contributed by atoms with Crippen LogP contribution in [0, 0.1) is 11.3 Å². The normalized spacial score (nSPS) is 17.6. The highest BCUT2D eigenvalue weighted by molar-refractivity contribution is 6.30. The number of hydrogen-bond donors (Lipinski definition) is 2. The number of aliphatic hydroxyl groups excluding tert-OH is 1. The van der Waals surface area contributed by atoms with Crippen molar-refractivity contribution < 1.29 is 19.3 Å². The van der Waals surface area contributed by atoms with Gasteiger partial charge in [-0.2, -0.15) is 5.26 Å². The van der Waals surface area contributed by atoms with Gasteiger partial charge in [0, 0.05) is 11.5 Å². The second-order valence-corrected chi connectivity index (χ2v) is 8.84. The Labute approximate surface area is 212 Å². The average Bonchev–Trinajstić information content (AvgIpc) is 3.33. The van der Waals surface area contributed by atoms with Crippen molar-refractivity contribution in [2.45, 2.75) is 24.9 Å². The molecule has 0 spiro atoms. The quantitative estimate of drug-likeness (QED) is 0.390. The Morgan fingerprint density at radius 1 is 1.22 bits per heavy atom. The topological polar surface area (TPSA) is 128 Å². The van der Waals surface area contributed by atoms with Crippen molar-refractivity contribution in [1.29, 1.82) is 5.26 Å². The van der Waals surface area contributed by atoms with Gasteiger partial charge in [-0.05, 0) is 49.2 Å². The molecule has 1 aliphatic heterocycles. The van der Waals surface area contributed by atoms with Crippen LogP contribution in [0.25, 0.3) is 16.8 Å². The minimum atomic E-state index is -0.159. The maximum atomic E-state index is 9.52. The Balaban J connectivity index is 1.50. The van der Waals surface area contributed by atoms with Crippen LogP contribution in [0.15, 0.2) is 48.7 Å². The number of halogens is 1. The van der Waals surface area contributed by atoms with Crippen LogP contribution in [0.2, 0.25) is 5.15 Å². The van der Waals surface area contributed by atoms with E-state index in [0.717, 1.165) is 24.2 Å². The zero-order valence-corrected chi connectivity index (χ0v) is 20.3. The van der Waals surface area contributed by atoms with Gasteiger partial charge >= 0.3 is 0 Å². The van der Waals surface area contributed by atoms with Crippen LogP contribution in [0.1, 0.15) is 30.1 Å². The van der Waals surface area contributed by atoms with E-state index in [1.165, 1.54) is 13.3 Å². The van der Waals surface area contributed by atoms with Crippen molar-refractivity contribution in [2.75, 3.05) is 26.1 Å². The molecule has 9 nitrogen and oxygen atoms in total. The van der Waals surface area contributed by atoms with Gasteiger partial charge in [0.2, 0.25) is 0 Å². The monoisotopic (exact) mass is 505 g/mol. The lowest BCUT2D eigenvalue weighted by atomic mass is 9.98. The molecule has 36 heavy (non-hydrogen) atoms. The highest BCUT2D eigenvalue weighted by Crippen LogP contribution is 2.37. The number of imidazole rings is 1. The number of ether oxygens (including phenoxy) is 3. The molecule has 10 heteroatoms. The van der Waals surface area contributed by atoms with Gasteiger partial charge in [0.05, 0.1) is 32.6 Å². The maximum Gasteiger partial charge on any atom is 0.150 e. The summed E-state index contributed by atoms with van der Waals surface area (Å²) in [6.07, 6.45) is 2.88. The Kier molecular flexibility index (Phi) is 6.65. The third-order valence-corrected chi connectivity index (χ3v) is 6.55. The van der Waals surface area contributed by atoms with Crippen molar-refractivity contribution in [3.05, 3.63) is 65.2 Å². The Morgan fingerprint density at radius 2 is 2.00 bits per heavy atom. The second kappa shape index (κ2) is 10.0. The minimum absolute atomic E-state index is 0.00202. The van der Waals surface area contributed by atoms with Gasteiger partial charge in [0.15, 0.2) is 0 Å². The van der Waals surface area contributed by atoms with Crippen LogP contribution in [0.5, 0.6) is 17.2 Å². The Morgan fingerprint density at radius 3 is 2.67 bits per heavy atom. The SMILES string of the molecule is COc1cccc(Oc2ccc(-c3nc(C4CCC(CO)OC4)n4c(Cl)cnc(N)c34)cc2)c1C#N. The first-order valence-corrected chi connectivity index (χ1v) is 11.8. The molecule has 3 heterocycles. The number of aromatic nitrogens is 3. The maximum absolute atomic E-state index is 9.52. The third kappa shape index (κ3) is 4.31. The number of fused-ring (bicyclic) bond motifs is 1. The van der Waals surface area contributed by atoms with E-state index in [0.29, 0.717) is 51.6 Å². The summed E-state index contributed by atoms with van der Waals surface area (Å²) >= 11 is 6.55. The summed E-state index contributed by atoms with van der Waals surface area (Å²) in [7, 11) is 1.51. The van der Waals surface area contributed by atoms with Crippen LogP contribution < -0.4 is 15.2 Å². The van der Waals surface area contributed by atoms with Crippen LogP contribution in [-0.4, -0.2) is 45.9 Å². The lowest BCUT2D eigenvalue weighted by molar-refractivity contribution is -0.0282. The highest BCUT2D eigenvalue weighted by atomic mass is 35.5. The van der Waals surface area contributed by atoms with Gasteiger partial charge in [-0.15, -0.1) is 0 Å². The van der Waals surface area contributed by atoms with Crippen LogP contribution in [0.3, 0.4) is 0 Å². The number of rotatable bonds is 6. The van der Waals surface area contributed by atoms with Gasteiger partial charge in [0.1, 0.15) is 56.9 Å². The molecule has 2 unspecified atom stereocenters. The molecule has 0 saturated carbocycles. The number of nitriles is 1. The van der Waals surface area contributed by atoms with Gasteiger partial charge in [0.25, 0.3) is 0 Å². The zero-order chi connectivity index (χ0) is 25.2. The molecule has 0 bridgehead atoms. The fraction of sp³-hybridized carbons (Fsp3) is 0.269. The summed E-state index contributed by atoms with van der Waals surface area (Å²) in [6.45, 7) is 0.425. The number of nitrogen functional groups attached to an aromatic ring is 1. The summed E-state index contributed by atoms with van der Waals surface area (Å²) < 4.78 is 18.8. The number of hydrogen-bond acceptors (Lipinski definition) is 8. The molecule has 2 aromatic carbocycles. The first-order chi connectivity index (χ1) is 17.5. The summed E-state index contributed by atoms with van der Waals surface area (Å²) in [4.78, 5) is 9.17. The summed E-state index contributed by atoms with van der Waals surface area (Å²) in [5.74, 6) is 2.44. The van der Waals surface area contributed by atoms with Crippen LogP contribution in [0.4, 0.5) is 5.82 Å². The lowest BCUT2D eigenvalue weighted by Crippen LogP contribution is -2.28. The molecule has 5 rings (SSSR count). The average molecular weight is 506 g/mol. The summed E-state index contributed by atoms with van der Waals surface area (Å²) in [5, 5.41) is 19.3. The number of nitrogens with two attached hydrogens (primary N) is 1. The van der Waals surface area contributed by atoms with Gasteiger partial charge in [-0.3, -0.25) is 4.40 Å². The van der Waals surface area contributed by atoms with E-state index in [1.807, 2.05) is 16.5 Å². The summed E-state index contributed by atoms with van der Waals surface area (Å²) in [6, 6.07) is 14.6. The molecule has 1 aliphatic rings. The van der Waals surface area contributed by atoms with Crippen molar-refractivity contribution in [2.24, 2.45) is 0 Å². The first-order valence-electron chi connectivity index (χ1n) is 11.4. The predicted molar refractivity (Wildman–Crippen MR) is 134 cm³/mol. The smallest absolute Gasteiger partial charge is 0.150 e. The number of aliphatic hydroxyl groups is 1. The largest absolute Gasteiger partial charge is 0.495 e. The standard InChI is InChI=1S/C26H24ClN5O4/c1-34-20-3-2-4-21(19(20)11-28)36-17-8-5-15(6-9-17)23-24-25(29)30-12-22(27)32(24)26(31-23)16-7-10-18(13-33)35-14-16/h2-6,8-9,12,16,18,33H,7,10,13-14H2,1H3,(H2,29,30). The Bertz CT molecular complexity index is 1440. The first kappa shape index (κ1) is 23.9. The zero-order valence-electron chi connectivity index (χ0n) is 19.5. The van der Waals surface area contributed by atoms with Crippen molar-refractivity contribution in [3.8, 4) is 34.6 Å². The number of anilines is 1. The van der Waals surface area contributed by atoms with Crippen molar-refractivity contribution >= 4 is 22.9 Å². The number of methoxy groups -OCH3 is 1. The van der Waals surface area contributed by atoms with E-state index in [9.17, 15) is 10.4 Å². The number of benzene rings is 2. The Hall–Kier alpha value is -3.84.